The fourth-order valence-corrected chi connectivity index (χ4v) is 4.69. The number of hydrogen-bond acceptors (Lipinski definition) is 5. The summed E-state index contributed by atoms with van der Waals surface area (Å²) < 4.78 is 26.9. The lowest BCUT2D eigenvalue weighted by atomic mass is 10.3. The third kappa shape index (κ3) is 2.99. The van der Waals surface area contributed by atoms with Gasteiger partial charge < -0.3 is 5.73 Å². The van der Waals surface area contributed by atoms with Crippen molar-refractivity contribution in [3.8, 4) is 0 Å². The minimum absolute atomic E-state index is 0.226. The molecule has 1 unspecified atom stereocenters. The van der Waals surface area contributed by atoms with E-state index < -0.39 is 10.0 Å². The van der Waals surface area contributed by atoms with E-state index in [0.717, 1.165) is 9.75 Å². The molecule has 0 fully saturated rings. The first-order valence-corrected chi connectivity index (χ1v) is 8.60. The number of hydrogen-bond donors (Lipinski definition) is 2. The maximum atomic E-state index is 12.1. The Kier molecular flexibility index (Phi) is 4.18. The molecule has 0 radical (unpaired) electrons. The summed E-state index contributed by atoms with van der Waals surface area (Å²) in [5.41, 5.74) is 5.48. The van der Waals surface area contributed by atoms with E-state index in [1.807, 2.05) is 24.4 Å². The maximum Gasteiger partial charge on any atom is 0.241 e. The van der Waals surface area contributed by atoms with Crippen molar-refractivity contribution in [2.75, 3.05) is 0 Å². The average molecular weight is 302 g/mol. The van der Waals surface area contributed by atoms with E-state index in [9.17, 15) is 8.42 Å². The van der Waals surface area contributed by atoms with E-state index in [-0.39, 0.29) is 10.9 Å². The number of rotatable bonds is 5. The smallest absolute Gasteiger partial charge is 0.241 e. The Morgan fingerprint density at radius 2 is 2.22 bits per heavy atom. The molecule has 0 bridgehead atoms. The molecule has 0 saturated carbocycles. The van der Waals surface area contributed by atoms with Gasteiger partial charge in [0, 0.05) is 21.7 Å². The molecule has 7 heteroatoms. The summed E-state index contributed by atoms with van der Waals surface area (Å²) in [6, 6.07) is 5.21. The Labute approximate surface area is 115 Å². The van der Waals surface area contributed by atoms with Crippen LogP contribution in [0.2, 0.25) is 0 Å². The van der Waals surface area contributed by atoms with Crippen molar-refractivity contribution in [2.45, 2.75) is 24.4 Å². The second-order valence-electron chi connectivity index (χ2n) is 3.81. The molecule has 0 aliphatic carbocycles. The van der Waals surface area contributed by atoms with Crippen LogP contribution in [0.15, 0.2) is 33.9 Å². The Bertz CT molecular complexity index is 602. The predicted molar refractivity (Wildman–Crippen MR) is 75.3 cm³/mol. The van der Waals surface area contributed by atoms with Crippen LogP contribution in [0, 0.1) is 0 Å². The second-order valence-corrected chi connectivity index (χ2v) is 7.50. The van der Waals surface area contributed by atoms with E-state index in [1.54, 1.807) is 11.4 Å². The standard InChI is InChI=1S/C11H14N2O2S3/c1-8(11-3-2-4-16-11)13-18(14,15)10-5-9(6-12)17-7-10/h2-5,7-8,13H,6,12H2,1H3. The average Bonchev–Trinajstić information content (AvgIpc) is 3.00. The van der Waals surface area contributed by atoms with Gasteiger partial charge in [0.25, 0.3) is 0 Å². The molecule has 2 aromatic heterocycles. The van der Waals surface area contributed by atoms with Gasteiger partial charge in [-0.15, -0.1) is 22.7 Å². The minimum atomic E-state index is -3.46. The van der Waals surface area contributed by atoms with Gasteiger partial charge in [-0.2, -0.15) is 0 Å². The number of nitrogens with two attached hydrogens (primary N) is 1. The highest BCUT2D eigenvalue weighted by Crippen LogP contribution is 2.23. The normalized spacial score (nSPS) is 13.7. The quantitative estimate of drug-likeness (QED) is 0.890. The van der Waals surface area contributed by atoms with Gasteiger partial charge in [-0.1, -0.05) is 6.07 Å². The first kappa shape index (κ1) is 13.7. The predicted octanol–water partition coefficient (Wildman–Crippen LogP) is 2.31. The lowest BCUT2D eigenvalue weighted by molar-refractivity contribution is 0.569. The lowest BCUT2D eigenvalue weighted by Gasteiger charge is -2.11. The maximum absolute atomic E-state index is 12.1. The largest absolute Gasteiger partial charge is 0.326 e. The van der Waals surface area contributed by atoms with E-state index in [4.69, 9.17) is 5.73 Å². The third-order valence-electron chi connectivity index (χ3n) is 2.44. The van der Waals surface area contributed by atoms with Crippen molar-refractivity contribution in [3.05, 3.63) is 38.7 Å². The van der Waals surface area contributed by atoms with Crippen LogP contribution in [-0.2, 0) is 16.6 Å². The zero-order valence-corrected chi connectivity index (χ0v) is 12.2. The molecule has 98 valence electrons. The van der Waals surface area contributed by atoms with Crippen LogP contribution in [0.3, 0.4) is 0 Å². The first-order chi connectivity index (χ1) is 8.53. The van der Waals surface area contributed by atoms with Crippen molar-refractivity contribution in [1.29, 1.82) is 0 Å². The summed E-state index contributed by atoms with van der Waals surface area (Å²) in [6.45, 7) is 2.19. The van der Waals surface area contributed by atoms with Gasteiger partial charge in [-0.3, -0.25) is 0 Å². The van der Waals surface area contributed by atoms with Gasteiger partial charge in [-0.05, 0) is 24.4 Å². The summed E-state index contributed by atoms with van der Waals surface area (Å²) in [5.74, 6) is 0. The summed E-state index contributed by atoms with van der Waals surface area (Å²) in [4.78, 5) is 2.14. The highest BCUT2D eigenvalue weighted by atomic mass is 32.2. The van der Waals surface area contributed by atoms with Gasteiger partial charge in [0.1, 0.15) is 0 Å². The monoisotopic (exact) mass is 302 g/mol. The lowest BCUT2D eigenvalue weighted by Crippen LogP contribution is -2.26. The molecule has 2 heterocycles. The highest BCUT2D eigenvalue weighted by molar-refractivity contribution is 7.89. The van der Waals surface area contributed by atoms with Crippen LogP contribution in [0.5, 0.6) is 0 Å². The van der Waals surface area contributed by atoms with E-state index in [0.29, 0.717) is 6.54 Å². The Hall–Kier alpha value is -0.730. The minimum Gasteiger partial charge on any atom is -0.326 e. The van der Waals surface area contributed by atoms with Crippen molar-refractivity contribution < 1.29 is 8.42 Å². The molecule has 2 rings (SSSR count). The van der Waals surface area contributed by atoms with Gasteiger partial charge in [0.05, 0.1) is 10.9 Å². The van der Waals surface area contributed by atoms with Gasteiger partial charge in [0.15, 0.2) is 0 Å². The van der Waals surface area contributed by atoms with Crippen molar-refractivity contribution in [2.24, 2.45) is 5.73 Å². The fourth-order valence-electron chi connectivity index (χ4n) is 1.50. The highest BCUT2D eigenvalue weighted by Gasteiger charge is 2.20. The van der Waals surface area contributed by atoms with E-state index >= 15 is 0 Å². The molecule has 0 spiro atoms. The molecule has 0 saturated heterocycles. The molecule has 0 aliphatic rings. The zero-order valence-electron chi connectivity index (χ0n) is 9.79. The van der Waals surface area contributed by atoms with E-state index in [2.05, 4.69) is 4.72 Å². The van der Waals surface area contributed by atoms with Crippen molar-refractivity contribution in [3.63, 3.8) is 0 Å². The Balaban J connectivity index is 2.17. The van der Waals surface area contributed by atoms with Gasteiger partial charge in [-0.25, -0.2) is 13.1 Å². The van der Waals surface area contributed by atoms with Gasteiger partial charge in [0.2, 0.25) is 10.0 Å². The summed E-state index contributed by atoms with van der Waals surface area (Å²) in [5, 5.41) is 3.54. The molecule has 1 atom stereocenters. The molecule has 0 aromatic carbocycles. The van der Waals surface area contributed by atoms with Crippen LogP contribution < -0.4 is 10.5 Å². The van der Waals surface area contributed by atoms with Crippen LogP contribution in [0.25, 0.3) is 0 Å². The van der Waals surface area contributed by atoms with Crippen LogP contribution in [-0.4, -0.2) is 8.42 Å². The Morgan fingerprint density at radius 1 is 1.44 bits per heavy atom. The first-order valence-electron chi connectivity index (χ1n) is 5.36. The number of thiophene rings is 2. The van der Waals surface area contributed by atoms with E-state index in [1.165, 1.54) is 22.7 Å². The molecule has 3 N–H and O–H groups in total. The van der Waals surface area contributed by atoms with Crippen LogP contribution >= 0.6 is 22.7 Å². The van der Waals surface area contributed by atoms with Crippen LogP contribution in [0.4, 0.5) is 0 Å². The Morgan fingerprint density at radius 3 is 2.78 bits per heavy atom. The summed E-state index contributed by atoms with van der Waals surface area (Å²) >= 11 is 2.89. The SMILES string of the molecule is CC(NS(=O)(=O)c1csc(CN)c1)c1cccs1. The molecular formula is C11H14N2O2S3. The topological polar surface area (TPSA) is 72.2 Å². The summed E-state index contributed by atoms with van der Waals surface area (Å²) in [6.07, 6.45) is 0. The molecule has 0 aliphatic heterocycles. The molecule has 18 heavy (non-hydrogen) atoms. The molecular weight excluding hydrogens is 288 g/mol. The van der Waals surface area contributed by atoms with Crippen LogP contribution in [0.1, 0.15) is 22.7 Å². The molecule has 2 aromatic rings. The van der Waals surface area contributed by atoms with Gasteiger partial charge >= 0.3 is 0 Å². The fraction of sp³-hybridized carbons (Fsp3) is 0.273. The number of nitrogens with one attached hydrogen (secondary N) is 1. The number of sulfonamides is 1. The second kappa shape index (κ2) is 5.50. The molecule has 0 amide bonds. The molecule has 4 nitrogen and oxygen atoms in total. The third-order valence-corrected chi connectivity index (χ3v) is 6.13. The van der Waals surface area contributed by atoms with Crippen molar-refractivity contribution >= 4 is 32.7 Å². The summed E-state index contributed by atoms with van der Waals surface area (Å²) in [7, 11) is -3.46. The zero-order chi connectivity index (χ0) is 13.2. The van der Waals surface area contributed by atoms with Crippen molar-refractivity contribution in [1.82, 2.24) is 4.72 Å².